The van der Waals surface area contributed by atoms with Gasteiger partial charge in [0, 0.05) is 26.1 Å². The SMILES string of the molecule is O=C(OCC(=O)N1CCCC1=O)c1cccc(S(=O)(=O)NC[C@H]2CCCO2)c1. The van der Waals surface area contributed by atoms with E-state index in [4.69, 9.17) is 9.47 Å². The van der Waals surface area contributed by atoms with Gasteiger partial charge in [-0.05, 0) is 37.5 Å². The van der Waals surface area contributed by atoms with Gasteiger partial charge in [0.25, 0.3) is 5.91 Å². The van der Waals surface area contributed by atoms with Crippen molar-refractivity contribution in [3.05, 3.63) is 29.8 Å². The summed E-state index contributed by atoms with van der Waals surface area (Å²) < 4.78 is 37.6. The summed E-state index contributed by atoms with van der Waals surface area (Å²) in [5.74, 6) is -1.71. The molecule has 0 unspecified atom stereocenters. The number of esters is 1. The Kier molecular flexibility index (Phi) is 6.42. The van der Waals surface area contributed by atoms with Gasteiger partial charge in [-0.25, -0.2) is 17.9 Å². The molecule has 28 heavy (non-hydrogen) atoms. The van der Waals surface area contributed by atoms with Gasteiger partial charge in [0.1, 0.15) is 0 Å². The van der Waals surface area contributed by atoms with Crippen molar-refractivity contribution >= 4 is 27.8 Å². The Morgan fingerprint density at radius 2 is 2.11 bits per heavy atom. The first-order valence-electron chi connectivity index (χ1n) is 9.08. The molecule has 0 spiro atoms. The van der Waals surface area contributed by atoms with Crippen LogP contribution in [0, 0.1) is 0 Å². The Morgan fingerprint density at radius 3 is 2.79 bits per heavy atom. The molecule has 0 saturated carbocycles. The van der Waals surface area contributed by atoms with E-state index in [1.807, 2.05) is 0 Å². The predicted molar refractivity (Wildman–Crippen MR) is 96.8 cm³/mol. The van der Waals surface area contributed by atoms with E-state index < -0.39 is 28.5 Å². The van der Waals surface area contributed by atoms with Crippen LogP contribution in [0.5, 0.6) is 0 Å². The molecule has 3 rings (SSSR count). The second-order valence-corrected chi connectivity index (χ2v) is 8.40. The molecule has 9 nitrogen and oxygen atoms in total. The number of hydrogen-bond acceptors (Lipinski definition) is 7. The third-order valence-corrected chi connectivity index (χ3v) is 6.03. The van der Waals surface area contributed by atoms with Crippen molar-refractivity contribution in [3.8, 4) is 0 Å². The number of likely N-dealkylation sites (tertiary alicyclic amines) is 1. The lowest BCUT2D eigenvalue weighted by Crippen LogP contribution is -2.35. The molecule has 0 aliphatic carbocycles. The second-order valence-electron chi connectivity index (χ2n) is 6.63. The average molecular weight is 410 g/mol. The zero-order chi connectivity index (χ0) is 20.1. The molecule has 2 saturated heterocycles. The third kappa shape index (κ3) is 4.94. The summed E-state index contributed by atoms with van der Waals surface area (Å²) in [5.41, 5.74) is 0.000500. The normalized spacial score (nSPS) is 19.8. The van der Waals surface area contributed by atoms with Gasteiger partial charge < -0.3 is 9.47 Å². The van der Waals surface area contributed by atoms with Gasteiger partial charge in [-0.1, -0.05) is 6.07 Å². The molecular weight excluding hydrogens is 388 g/mol. The monoisotopic (exact) mass is 410 g/mol. The van der Waals surface area contributed by atoms with Crippen molar-refractivity contribution in [2.24, 2.45) is 0 Å². The molecule has 2 heterocycles. The molecule has 2 amide bonds. The number of imide groups is 1. The fraction of sp³-hybridized carbons (Fsp3) is 0.500. The number of hydrogen-bond donors (Lipinski definition) is 1. The molecule has 2 aliphatic heterocycles. The molecule has 0 aromatic heterocycles. The number of nitrogens with zero attached hydrogens (tertiary/aromatic N) is 1. The Labute approximate surface area is 163 Å². The van der Waals surface area contributed by atoms with Gasteiger partial charge in [0.05, 0.1) is 16.6 Å². The lowest BCUT2D eigenvalue weighted by Gasteiger charge is -2.14. The van der Waals surface area contributed by atoms with Crippen molar-refractivity contribution < 1.29 is 32.3 Å². The molecule has 1 aromatic rings. The molecule has 152 valence electrons. The summed E-state index contributed by atoms with van der Waals surface area (Å²) in [6.07, 6.45) is 2.44. The summed E-state index contributed by atoms with van der Waals surface area (Å²) in [6.45, 7) is 0.531. The first kappa shape index (κ1) is 20.4. The van der Waals surface area contributed by atoms with Crippen LogP contribution in [0.2, 0.25) is 0 Å². The summed E-state index contributed by atoms with van der Waals surface area (Å²) in [4.78, 5) is 36.6. The van der Waals surface area contributed by atoms with Crippen LogP contribution >= 0.6 is 0 Å². The van der Waals surface area contributed by atoms with Crippen LogP contribution in [0.15, 0.2) is 29.2 Å². The predicted octanol–water partition coefficient (Wildman–Crippen LogP) is 0.450. The highest BCUT2D eigenvalue weighted by atomic mass is 32.2. The number of nitrogens with one attached hydrogen (secondary N) is 1. The quantitative estimate of drug-likeness (QED) is 0.648. The van der Waals surface area contributed by atoms with Crippen LogP contribution in [0.3, 0.4) is 0 Å². The molecule has 2 aliphatic rings. The standard InChI is InChI=1S/C18H22N2O7S/c21-16-7-2-8-20(16)17(22)12-27-18(23)13-4-1-6-15(10-13)28(24,25)19-11-14-5-3-9-26-14/h1,4,6,10,14,19H,2-3,5,7-9,11-12H2/t14-/m1/s1. The van der Waals surface area contributed by atoms with Gasteiger partial charge in [-0.3, -0.25) is 14.5 Å². The van der Waals surface area contributed by atoms with Crippen LogP contribution in [-0.4, -0.2) is 63.5 Å². The fourth-order valence-corrected chi connectivity index (χ4v) is 4.19. The van der Waals surface area contributed by atoms with E-state index in [0.717, 1.165) is 17.7 Å². The molecular formula is C18H22N2O7S. The van der Waals surface area contributed by atoms with E-state index in [9.17, 15) is 22.8 Å². The smallest absolute Gasteiger partial charge is 0.338 e. The summed E-state index contributed by atoms with van der Waals surface area (Å²) in [6, 6.07) is 5.37. The minimum Gasteiger partial charge on any atom is -0.452 e. The number of amides is 2. The number of carbonyl (C=O) groups excluding carboxylic acids is 3. The van der Waals surface area contributed by atoms with Gasteiger partial charge in [-0.2, -0.15) is 0 Å². The van der Waals surface area contributed by atoms with Crippen LogP contribution < -0.4 is 4.72 Å². The summed E-state index contributed by atoms with van der Waals surface area (Å²) >= 11 is 0. The Bertz CT molecular complexity index is 862. The number of carbonyl (C=O) groups is 3. The number of rotatable bonds is 7. The first-order chi connectivity index (χ1) is 13.4. The number of ether oxygens (including phenoxy) is 2. The average Bonchev–Trinajstić information content (AvgIpc) is 3.36. The van der Waals surface area contributed by atoms with Crippen molar-refractivity contribution in [1.29, 1.82) is 0 Å². The molecule has 2 fully saturated rings. The fourth-order valence-electron chi connectivity index (χ4n) is 3.08. The maximum atomic E-state index is 12.4. The maximum Gasteiger partial charge on any atom is 0.338 e. The molecule has 0 radical (unpaired) electrons. The van der Waals surface area contributed by atoms with Crippen molar-refractivity contribution in [3.63, 3.8) is 0 Å². The molecule has 10 heteroatoms. The van der Waals surface area contributed by atoms with Gasteiger partial charge >= 0.3 is 5.97 Å². The van der Waals surface area contributed by atoms with Gasteiger partial charge in [0.15, 0.2) is 6.61 Å². The Hall–Kier alpha value is -2.30. The maximum absolute atomic E-state index is 12.4. The minimum atomic E-state index is -3.81. The highest BCUT2D eigenvalue weighted by molar-refractivity contribution is 7.89. The Morgan fingerprint density at radius 1 is 1.29 bits per heavy atom. The van der Waals surface area contributed by atoms with E-state index in [1.165, 1.54) is 24.3 Å². The zero-order valence-corrected chi connectivity index (χ0v) is 16.1. The zero-order valence-electron chi connectivity index (χ0n) is 15.3. The Balaban J connectivity index is 1.59. The third-order valence-electron chi connectivity index (χ3n) is 4.61. The highest BCUT2D eigenvalue weighted by Gasteiger charge is 2.27. The summed E-state index contributed by atoms with van der Waals surface area (Å²) in [7, 11) is -3.81. The second kappa shape index (κ2) is 8.80. The highest BCUT2D eigenvalue weighted by Crippen LogP contribution is 2.15. The van der Waals surface area contributed by atoms with Crippen molar-refractivity contribution in [2.45, 2.75) is 36.7 Å². The van der Waals surface area contributed by atoms with E-state index in [-0.39, 0.29) is 29.0 Å². The number of benzene rings is 1. The number of sulfonamides is 1. The first-order valence-corrected chi connectivity index (χ1v) is 10.6. The van der Waals surface area contributed by atoms with Gasteiger partial charge in [-0.15, -0.1) is 0 Å². The molecule has 1 N–H and O–H groups in total. The lowest BCUT2D eigenvalue weighted by atomic mass is 10.2. The van der Waals surface area contributed by atoms with Crippen LogP contribution in [0.4, 0.5) is 0 Å². The molecule has 1 aromatic carbocycles. The largest absolute Gasteiger partial charge is 0.452 e. The van der Waals surface area contributed by atoms with E-state index in [1.54, 1.807) is 0 Å². The molecule has 0 bridgehead atoms. The van der Waals surface area contributed by atoms with E-state index in [2.05, 4.69) is 4.72 Å². The topological polar surface area (TPSA) is 119 Å². The van der Waals surface area contributed by atoms with E-state index in [0.29, 0.717) is 26.0 Å². The lowest BCUT2D eigenvalue weighted by molar-refractivity contribution is -0.143. The van der Waals surface area contributed by atoms with Gasteiger partial charge in [0.2, 0.25) is 15.9 Å². The van der Waals surface area contributed by atoms with E-state index >= 15 is 0 Å². The van der Waals surface area contributed by atoms with Crippen LogP contribution in [0.1, 0.15) is 36.0 Å². The van der Waals surface area contributed by atoms with Crippen molar-refractivity contribution in [2.75, 3.05) is 26.3 Å². The molecule has 1 atom stereocenters. The minimum absolute atomic E-state index is 0.000500. The van der Waals surface area contributed by atoms with Crippen LogP contribution in [0.25, 0.3) is 0 Å². The van der Waals surface area contributed by atoms with Crippen LogP contribution in [-0.2, 0) is 29.1 Å². The summed E-state index contributed by atoms with van der Waals surface area (Å²) in [5, 5.41) is 0. The van der Waals surface area contributed by atoms with Crippen molar-refractivity contribution in [1.82, 2.24) is 9.62 Å².